The molecule has 0 bridgehead atoms. The van der Waals surface area contributed by atoms with Crippen molar-refractivity contribution in [3.63, 3.8) is 0 Å². The second-order valence-electron chi connectivity index (χ2n) is 9.62. The van der Waals surface area contributed by atoms with Crippen LogP contribution >= 0.6 is 0 Å². The molecule has 6 rings (SSSR count). The molecule has 190 valence electrons. The molecule has 2 aliphatic rings. The van der Waals surface area contributed by atoms with Crippen LogP contribution in [0.4, 0.5) is 4.39 Å². The summed E-state index contributed by atoms with van der Waals surface area (Å²) in [5, 5.41) is 5.29. The number of aromatic nitrogens is 2. The number of methoxy groups -OCH3 is 1. The first kappa shape index (κ1) is 23.3. The summed E-state index contributed by atoms with van der Waals surface area (Å²) in [5.74, 6) is 2.01. The van der Waals surface area contributed by atoms with E-state index < -0.39 is 6.10 Å². The highest BCUT2D eigenvalue weighted by molar-refractivity contribution is 5.81. The van der Waals surface area contributed by atoms with Gasteiger partial charge >= 0.3 is 5.97 Å². The monoisotopic (exact) mass is 502 g/mol. The molecule has 1 aliphatic heterocycles. The van der Waals surface area contributed by atoms with Crippen LogP contribution in [0.25, 0.3) is 10.9 Å². The maximum atomic E-state index is 15.1. The van der Waals surface area contributed by atoms with Crippen LogP contribution in [0.15, 0.2) is 48.7 Å². The van der Waals surface area contributed by atoms with Gasteiger partial charge in [0.05, 0.1) is 31.9 Å². The zero-order valence-corrected chi connectivity index (χ0v) is 20.9. The number of hydrogen-bond acceptors (Lipinski definition) is 6. The minimum absolute atomic E-state index is 0.0461. The van der Waals surface area contributed by atoms with Gasteiger partial charge < -0.3 is 18.9 Å². The van der Waals surface area contributed by atoms with E-state index in [1.165, 1.54) is 13.2 Å². The van der Waals surface area contributed by atoms with Crippen molar-refractivity contribution in [3.05, 3.63) is 76.7 Å². The number of benzene rings is 3. The van der Waals surface area contributed by atoms with Gasteiger partial charge in [0.2, 0.25) is 0 Å². The molecule has 0 fully saturated rings. The number of halogens is 1. The van der Waals surface area contributed by atoms with E-state index in [9.17, 15) is 4.79 Å². The first-order valence-electron chi connectivity index (χ1n) is 12.3. The minimum Gasteiger partial charge on any atom is -0.492 e. The molecule has 1 aliphatic carbocycles. The van der Waals surface area contributed by atoms with Gasteiger partial charge in [0, 0.05) is 41.1 Å². The molecule has 4 aromatic rings. The second kappa shape index (κ2) is 9.10. The summed E-state index contributed by atoms with van der Waals surface area (Å²) < 4.78 is 40.0. The Bertz CT molecular complexity index is 1530. The third-order valence-corrected chi connectivity index (χ3v) is 7.29. The van der Waals surface area contributed by atoms with Crippen LogP contribution in [-0.4, -0.2) is 29.5 Å². The summed E-state index contributed by atoms with van der Waals surface area (Å²) in [4.78, 5) is 11.7. The number of aryl methyl sites for hydroxylation is 2. The number of carbonyl (C=O) groups is 1. The Hall–Kier alpha value is -4.07. The average Bonchev–Trinajstić information content (AvgIpc) is 3.59. The quantitative estimate of drug-likeness (QED) is 0.305. The molecule has 3 aromatic carbocycles. The van der Waals surface area contributed by atoms with Crippen LogP contribution in [0.3, 0.4) is 0 Å². The van der Waals surface area contributed by atoms with Gasteiger partial charge in [-0.25, -0.2) is 4.39 Å². The van der Waals surface area contributed by atoms with Crippen LogP contribution in [0.1, 0.15) is 47.1 Å². The maximum Gasteiger partial charge on any atom is 0.306 e. The Morgan fingerprint density at radius 1 is 1.19 bits per heavy atom. The van der Waals surface area contributed by atoms with E-state index in [1.54, 1.807) is 12.3 Å². The summed E-state index contributed by atoms with van der Waals surface area (Å²) in [6, 6.07) is 12.7. The molecule has 2 atom stereocenters. The van der Waals surface area contributed by atoms with Crippen molar-refractivity contribution in [1.29, 1.82) is 0 Å². The fraction of sp³-hybridized carbons (Fsp3) is 0.310. The molecule has 37 heavy (non-hydrogen) atoms. The Labute approximate surface area is 213 Å². The highest BCUT2D eigenvalue weighted by atomic mass is 19.1. The van der Waals surface area contributed by atoms with Crippen LogP contribution in [-0.2, 0) is 23.0 Å². The highest BCUT2D eigenvalue weighted by Crippen LogP contribution is 2.45. The number of rotatable bonds is 6. The van der Waals surface area contributed by atoms with Crippen molar-refractivity contribution >= 4 is 16.9 Å². The molecule has 0 N–H and O–H groups in total. The number of nitrogens with zero attached hydrogens (tertiary/aromatic N) is 2. The fourth-order valence-electron chi connectivity index (χ4n) is 5.32. The largest absolute Gasteiger partial charge is 0.492 e. The van der Waals surface area contributed by atoms with Crippen LogP contribution in [0.2, 0.25) is 0 Å². The van der Waals surface area contributed by atoms with Crippen molar-refractivity contribution in [2.75, 3.05) is 13.7 Å². The zero-order chi connectivity index (χ0) is 25.7. The van der Waals surface area contributed by atoms with Crippen molar-refractivity contribution in [1.82, 2.24) is 9.78 Å². The number of esters is 1. The molecule has 0 amide bonds. The molecule has 8 heteroatoms. The molecule has 2 unspecified atom stereocenters. The molecule has 2 heterocycles. The van der Waals surface area contributed by atoms with Crippen molar-refractivity contribution < 1.29 is 28.1 Å². The maximum absolute atomic E-state index is 15.1. The zero-order valence-electron chi connectivity index (χ0n) is 20.9. The second-order valence-corrected chi connectivity index (χ2v) is 9.62. The van der Waals surface area contributed by atoms with E-state index in [4.69, 9.17) is 18.9 Å². The topological polar surface area (TPSA) is 71.8 Å². The number of hydrogen-bond donors (Lipinski definition) is 0. The first-order chi connectivity index (χ1) is 17.9. The Morgan fingerprint density at radius 3 is 2.89 bits per heavy atom. The molecule has 0 saturated heterocycles. The van der Waals surface area contributed by atoms with Crippen LogP contribution in [0, 0.1) is 12.7 Å². The van der Waals surface area contributed by atoms with E-state index in [1.807, 2.05) is 49.0 Å². The third-order valence-electron chi connectivity index (χ3n) is 7.29. The normalized spacial score (nSPS) is 17.8. The standard InChI is InChI=1S/C29H27FN2O5/c1-16-10-23-17(14-31-32(23)2)11-26(16)37-24-9-7-22(30)29-21(24)6-8-25(29)36-19-4-5-20-18(12-28(33)34-3)15-35-27(20)13-19/h4-5,7,9-11,13-14,18,25H,6,8,12,15H2,1-3H3. The Balaban J connectivity index is 1.24. The molecule has 0 radical (unpaired) electrons. The summed E-state index contributed by atoms with van der Waals surface area (Å²) in [5.41, 5.74) is 4.31. The summed E-state index contributed by atoms with van der Waals surface area (Å²) >= 11 is 0. The van der Waals surface area contributed by atoms with E-state index in [2.05, 4.69) is 5.10 Å². The smallest absolute Gasteiger partial charge is 0.306 e. The Kier molecular flexibility index (Phi) is 5.74. The molecule has 1 aromatic heterocycles. The van der Waals surface area contributed by atoms with Gasteiger partial charge in [0.1, 0.15) is 34.9 Å². The van der Waals surface area contributed by atoms with Crippen molar-refractivity contribution in [2.45, 2.75) is 38.2 Å². The minimum atomic E-state index is -0.439. The van der Waals surface area contributed by atoms with Gasteiger partial charge in [-0.2, -0.15) is 5.10 Å². The lowest BCUT2D eigenvalue weighted by Crippen LogP contribution is -2.09. The summed E-state index contributed by atoms with van der Waals surface area (Å²) in [7, 11) is 3.29. The lowest BCUT2D eigenvalue weighted by Gasteiger charge is -2.18. The van der Waals surface area contributed by atoms with Crippen LogP contribution < -0.4 is 14.2 Å². The van der Waals surface area contributed by atoms with Gasteiger partial charge in [0.25, 0.3) is 0 Å². The molecule has 0 spiro atoms. The lowest BCUT2D eigenvalue weighted by molar-refractivity contribution is -0.141. The van der Waals surface area contributed by atoms with E-state index in [0.717, 1.165) is 33.3 Å². The summed E-state index contributed by atoms with van der Waals surface area (Å²) in [6.45, 7) is 2.41. The van der Waals surface area contributed by atoms with E-state index in [0.29, 0.717) is 42.3 Å². The van der Waals surface area contributed by atoms with Gasteiger partial charge in [-0.15, -0.1) is 0 Å². The predicted octanol–water partition coefficient (Wildman–Crippen LogP) is 5.92. The van der Waals surface area contributed by atoms with E-state index in [-0.39, 0.29) is 24.1 Å². The van der Waals surface area contributed by atoms with Crippen molar-refractivity contribution in [3.8, 4) is 23.0 Å². The highest BCUT2D eigenvalue weighted by Gasteiger charge is 2.32. The number of fused-ring (bicyclic) bond motifs is 3. The van der Waals surface area contributed by atoms with E-state index >= 15 is 4.39 Å². The molecule has 7 nitrogen and oxygen atoms in total. The molecular formula is C29H27FN2O5. The fourth-order valence-corrected chi connectivity index (χ4v) is 5.32. The molecule has 0 saturated carbocycles. The average molecular weight is 503 g/mol. The molecular weight excluding hydrogens is 475 g/mol. The third kappa shape index (κ3) is 4.16. The van der Waals surface area contributed by atoms with Gasteiger partial charge in [0.15, 0.2) is 0 Å². The number of carbonyl (C=O) groups excluding carboxylic acids is 1. The van der Waals surface area contributed by atoms with Crippen molar-refractivity contribution in [2.24, 2.45) is 7.05 Å². The van der Waals surface area contributed by atoms with Gasteiger partial charge in [-0.3, -0.25) is 9.48 Å². The van der Waals surface area contributed by atoms with Gasteiger partial charge in [-0.1, -0.05) is 6.07 Å². The number of ether oxygens (including phenoxy) is 4. The summed E-state index contributed by atoms with van der Waals surface area (Å²) in [6.07, 6.45) is 2.91. The predicted molar refractivity (Wildman–Crippen MR) is 135 cm³/mol. The van der Waals surface area contributed by atoms with Crippen LogP contribution in [0.5, 0.6) is 23.0 Å². The van der Waals surface area contributed by atoms with Gasteiger partial charge in [-0.05, 0) is 55.7 Å². The SMILES string of the molecule is COC(=O)CC1COc2cc(OC3CCc4c(Oc5cc6cnn(C)c6cc5C)ccc(F)c43)ccc21. The lowest BCUT2D eigenvalue weighted by atomic mass is 9.98. The Morgan fingerprint density at radius 2 is 2.05 bits per heavy atom. The first-order valence-corrected chi connectivity index (χ1v) is 12.3.